The maximum atomic E-state index is 11.2. The number of carbonyl (C=O) groups is 1. The average molecular weight is 196 g/mol. The summed E-state index contributed by atoms with van der Waals surface area (Å²) in [4.78, 5) is 11.2. The van der Waals surface area contributed by atoms with E-state index in [0.717, 1.165) is 5.69 Å². The lowest BCUT2D eigenvalue weighted by Crippen LogP contribution is -2.32. The van der Waals surface area contributed by atoms with Crippen molar-refractivity contribution < 1.29 is 4.79 Å². The normalized spacial score (nSPS) is 12.9. The highest BCUT2D eigenvalue weighted by molar-refractivity contribution is 5.93. The smallest absolute Gasteiger partial charge is 0.242 e. The minimum atomic E-state index is -0.519. The molecule has 0 spiro atoms. The molecule has 1 heterocycles. The summed E-state index contributed by atoms with van der Waals surface area (Å²) in [7, 11) is 0. The SMILES string of the molecule is CC(C)c1cc(NC(=O)[C@H](C)N)n[nH]1. The van der Waals surface area contributed by atoms with E-state index in [4.69, 9.17) is 5.73 Å². The third-order valence-electron chi connectivity index (χ3n) is 1.88. The van der Waals surface area contributed by atoms with Crippen molar-refractivity contribution in [1.82, 2.24) is 10.2 Å². The van der Waals surface area contributed by atoms with Crippen LogP contribution < -0.4 is 11.1 Å². The summed E-state index contributed by atoms with van der Waals surface area (Å²) < 4.78 is 0. The maximum Gasteiger partial charge on any atom is 0.242 e. The summed E-state index contributed by atoms with van der Waals surface area (Å²) in [5.74, 6) is 0.659. The van der Waals surface area contributed by atoms with Gasteiger partial charge in [0.25, 0.3) is 0 Å². The molecule has 14 heavy (non-hydrogen) atoms. The van der Waals surface area contributed by atoms with Crippen molar-refractivity contribution in [2.24, 2.45) is 5.73 Å². The maximum absolute atomic E-state index is 11.2. The lowest BCUT2D eigenvalue weighted by atomic mass is 10.1. The Morgan fingerprint density at radius 3 is 2.64 bits per heavy atom. The van der Waals surface area contributed by atoms with Crippen LogP contribution in [-0.2, 0) is 4.79 Å². The number of amides is 1. The molecule has 5 heteroatoms. The summed E-state index contributed by atoms with van der Waals surface area (Å²) in [5, 5.41) is 9.40. The number of nitrogens with two attached hydrogens (primary N) is 1. The fourth-order valence-electron chi connectivity index (χ4n) is 0.936. The van der Waals surface area contributed by atoms with Gasteiger partial charge in [-0.2, -0.15) is 5.10 Å². The van der Waals surface area contributed by atoms with E-state index in [2.05, 4.69) is 15.5 Å². The fraction of sp³-hybridized carbons (Fsp3) is 0.556. The molecule has 0 aliphatic carbocycles. The van der Waals surface area contributed by atoms with Crippen LogP contribution in [0.25, 0.3) is 0 Å². The molecule has 78 valence electrons. The van der Waals surface area contributed by atoms with Crippen molar-refractivity contribution in [3.05, 3.63) is 11.8 Å². The molecule has 0 aromatic carbocycles. The molecule has 0 radical (unpaired) electrons. The van der Waals surface area contributed by atoms with Crippen LogP contribution in [0.5, 0.6) is 0 Å². The molecule has 0 aliphatic heterocycles. The molecule has 0 aliphatic rings. The summed E-state index contributed by atoms with van der Waals surface area (Å²) in [6, 6.07) is 1.29. The predicted octanol–water partition coefficient (Wildman–Crippen LogP) is 0.819. The Balaban J connectivity index is 2.64. The van der Waals surface area contributed by atoms with E-state index in [1.165, 1.54) is 0 Å². The van der Waals surface area contributed by atoms with Gasteiger partial charge < -0.3 is 11.1 Å². The number of aromatic amines is 1. The van der Waals surface area contributed by atoms with Crippen LogP contribution in [0.3, 0.4) is 0 Å². The van der Waals surface area contributed by atoms with Crippen molar-refractivity contribution in [3.63, 3.8) is 0 Å². The number of nitrogens with zero attached hydrogens (tertiary/aromatic N) is 1. The van der Waals surface area contributed by atoms with Crippen LogP contribution in [0.4, 0.5) is 5.82 Å². The highest BCUT2D eigenvalue weighted by atomic mass is 16.2. The number of anilines is 1. The van der Waals surface area contributed by atoms with Crippen LogP contribution in [0.2, 0.25) is 0 Å². The minimum Gasteiger partial charge on any atom is -0.320 e. The van der Waals surface area contributed by atoms with Gasteiger partial charge in [0.15, 0.2) is 5.82 Å². The van der Waals surface area contributed by atoms with Gasteiger partial charge in [0.1, 0.15) is 0 Å². The topological polar surface area (TPSA) is 83.8 Å². The van der Waals surface area contributed by atoms with Crippen molar-refractivity contribution >= 4 is 11.7 Å². The molecule has 0 saturated carbocycles. The number of hydrogen-bond donors (Lipinski definition) is 3. The zero-order valence-electron chi connectivity index (χ0n) is 8.66. The first-order valence-corrected chi connectivity index (χ1v) is 4.62. The van der Waals surface area contributed by atoms with Gasteiger partial charge in [-0.3, -0.25) is 9.89 Å². The zero-order chi connectivity index (χ0) is 10.7. The van der Waals surface area contributed by atoms with Gasteiger partial charge in [-0.15, -0.1) is 0 Å². The lowest BCUT2D eigenvalue weighted by Gasteiger charge is -2.03. The molecule has 1 atom stereocenters. The third kappa shape index (κ3) is 2.56. The van der Waals surface area contributed by atoms with Crippen molar-refractivity contribution in [2.45, 2.75) is 32.7 Å². The Kier molecular flexibility index (Phi) is 3.24. The first kappa shape index (κ1) is 10.7. The van der Waals surface area contributed by atoms with Crippen molar-refractivity contribution in [1.29, 1.82) is 0 Å². The number of hydrogen-bond acceptors (Lipinski definition) is 3. The Morgan fingerprint density at radius 1 is 1.57 bits per heavy atom. The Morgan fingerprint density at radius 2 is 2.21 bits per heavy atom. The van der Waals surface area contributed by atoms with Gasteiger partial charge >= 0.3 is 0 Å². The predicted molar refractivity (Wildman–Crippen MR) is 55.0 cm³/mol. The Bertz CT molecular complexity index is 316. The second-order valence-corrected chi connectivity index (χ2v) is 3.64. The Labute approximate surface area is 83.1 Å². The van der Waals surface area contributed by atoms with Crippen molar-refractivity contribution in [2.75, 3.05) is 5.32 Å². The molecular weight excluding hydrogens is 180 g/mol. The van der Waals surface area contributed by atoms with E-state index in [1.54, 1.807) is 6.92 Å². The summed E-state index contributed by atoms with van der Waals surface area (Å²) in [6.07, 6.45) is 0. The highest BCUT2D eigenvalue weighted by Crippen LogP contribution is 2.14. The highest BCUT2D eigenvalue weighted by Gasteiger charge is 2.10. The summed E-state index contributed by atoms with van der Waals surface area (Å²) >= 11 is 0. The molecule has 0 saturated heterocycles. The van der Waals surface area contributed by atoms with Crippen LogP contribution in [0.15, 0.2) is 6.07 Å². The molecule has 0 fully saturated rings. The van der Waals surface area contributed by atoms with Crippen molar-refractivity contribution in [3.8, 4) is 0 Å². The third-order valence-corrected chi connectivity index (χ3v) is 1.88. The van der Waals surface area contributed by atoms with E-state index in [9.17, 15) is 4.79 Å². The van der Waals surface area contributed by atoms with E-state index < -0.39 is 6.04 Å². The number of nitrogens with one attached hydrogen (secondary N) is 2. The monoisotopic (exact) mass is 196 g/mol. The molecule has 1 amide bonds. The molecule has 0 unspecified atom stereocenters. The van der Waals surface area contributed by atoms with Crippen LogP contribution >= 0.6 is 0 Å². The number of rotatable bonds is 3. The van der Waals surface area contributed by atoms with Crippen LogP contribution in [-0.4, -0.2) is 22.1 Å². The van der Waals surface area contributed by atoms with Crippen LogP contribution in [0.1, 0.15) is 32.4 Å². The van der Waals surface area contributed by atoms with Gasteiger partial charge in [-0.1, -0.05) is 13.8 Å². The minimum absolute atomic E-state index is 0.230. The first-order chi connectivity index (χ1) is 6.50. The quantitative estimate of drug-likeness (QED) is 0.669. The fourth-order valence-corrected chi connectivity index (χ4v) is 0.936. The zero-order valence-corrected chi connectivity index (χ0v) is 8.66. The van der Waals surface area contributed by atoms with E-state index in [1.807, 2.05) is 19.9 Å². The summed E-state index contributed by atoms with van der Waals surface area (Å²) in [5.41, 5.74) is 6.39. The lowest BCUT2D eigenvalue weighted by molar-refractivity contribution is -0.117. The van der Waals surface area contributed by atoms with Gasteiger partial charge in [-0.25, -0.2) is 0 Å². The van der Waals surface area contributed by atoms with Crippen LogP contribution in [0, 0.1) is 0 Å². The largest absolute Gasteiger partial charge is 0.320 e. The molecule has 1 rings (SSSR count). The Hall–Kier alpha value is -1.36. The van der Waals surface area contributed by atoms with E-state index in [0.29, 0.717) is 11.7 Å². The van der Waals surface area contributed by atoms with Gasteiger partial charge in [-0.05, 0) is 12.8 Å². The molecule has 1 aromatic rings. The van der Waals surface area contributed by atoms with Gasteiger partial charge in [0.2, 0.25) is 5.91 Å². The average Bonchev–Trinajstić information content (AvgIpc) is 2.52. The molecule has 0 bridgehead atoms. The summed E-state index contributed by atoms with van der Waals surface area (Å²) in [6.45, 7) is 5.72. The second-order valence-electron chi connectivity index (χ2n) is 3.64. The molecule has 4 N–H and O–H groups in total. The second kappa shape index (κ2) is 4.23. The first-order valence-electron chi connectivity index (χ1n) is 4.62. The molecule has 5 nitrogen and oxygen atoms in total. The molecule has 1 aromatic heterocycles. The number of H-pyrrole nitrogens is 1. The van der Waals surface area contributed by atoms with E-state index >= 15 is 0 Å². The number of aromatic nitrogens is 2. The number of carbonyl (C=O) groups excluding carboxylic acids is 1. The molecular formula is C9H16N4O. The van der Waals surface area contributed by atoms with Gasteiger partial charge in [0.05, 0.1) is 6.04 Å². The van der Waals surface area contributed by atoms with E-state index in [-0.39, 0.29) is 5.91 Å². The van der Waals surface area contributed by atoms with Gasteiger partial charge in [0, 0.05) is 11.8 Å². The standard InChI is InChI=1S/C9H16N4O/c1-5(2)7-4-8(13-12-7)11-9(14)6(3)10/h4-6H,10H2,1-3H3,(H2,11,12,13,14)/t6-/m0/s1.